The lowest BCUT2D eigenvalue weighted by atomic mass is 9.87. The molecule has 5 rings (SSSR count). The molecule has 3 unspecified atom stereocenters. The zero-order valence-corrected chi connectivity index (χ0v) is 18.6. The predicted octanol–water partition coefficient (Wildman–Crippen LogP) is 3.08. The first-order valence-electron chi connectivity index (χ1n) is 10.8. The lowest BCUT2D eigenvalue weighted by Crippen LogP contribution is -2.43. The third kappa shape index (κ3) is 3.79. The summed E-state index contributed by atoms with van der Waals surface area (Å²) in [4.78, 5) is 29.1. The van der Waals surface area contributed by atoms with E-state index in [1.807, 2.05) is 4.90 Å². The van der Waals surface area contributed by atoms with Crippen molar-refractivity contribution in [2.75, 3.05) is 13.1 Å². The molecule has 0 bridgehead atoms. The lowest BCUT2D eigenvalue weighted by molar-refractivity contribution is 0.177. The maximum absolute atomic E-state index is 15.8. The summed E-state index contributed by atoms with van der Waals surface area (Å²) in [6, 6.07) is 6.06. The second-order valence-corrected chi connectivity index (χ2v) is 9.17. The van der Waals surface area contributed by atoms with E-state index in [0.29, 0.717) is 42.0 Å². The van der Waals surface area contributed by atoms with E-state index in [0.717, 1.165) is 12.8 Å². The van der Waals surface area contributed by atoms with Crippen LogP contribution >= 0.6 is 12.4 Å². The average Bonchev–Trinajstić information content (AvgIpc) is 3.43. The molecule has 0 radical (unpaired) electrons. The van der Waals surface area contributed by atoms with E-state index in [4.69, 9.17) is 5.73 Å². The summed E-state index contributed by atoms with van der Waals surface area (Å²) >= 11 is 0. The van der Waals surface area contributed by atoms with E-state index < -0.39 is 23.0 Å². The van der Waals surface area contributed by atoms with E-state index in [9.17, 15) is 14.0 Å². The smallest absolute Gasteiger partial charge is 0.329 e. The number of alkyl halides is 1. The van der Waals surface area contributed by atoms with Crippen LogP contribution in [-0.4, -0.2) is 33.2 Å². The summed E-state index contributed by atoms with van der Waals surface area (Å²) in [5, 5.41) is 0. The Labute approximate surface area is 190 Å². The summed E-state index contributed by atoms with van der Waals surface area (Å²) in [6.07, 6.45) is 4.04. The Bertz CT molecular complexity index is 1190. The van der Waals surface area contributed by atoms with Gasteiger partial charge in [0.25, 0.3) is 5.56 Å². The summed E-state index contributed by atoms with van der Waals surface area (Å²) in [5.41, 5.74) is 5.44. The molecule has 0 spiro atoms. The van der Waals surface area contributed by atoms with Crippen LogP contribution in [0.5, 0.6) is 0 Å². The normalized spacial score (nSPS) is 25.7. The van der Waals surface area contributed by atoms with Gasteiger partial charge in [0.05, 0.1) is 11.4 Å². The number of H-pyrrole nitrogens is 1. The van der Waals surface area contributed by atoms with E-state index in [2.05, 4.69) is 4.98 Å². The van der Waals surface area contributed by atoms with Gasteiger partial charge in [-0.25, -0.2) is 13.6 Å². The Balaban J connectivity index is 0.00000245. The molecule has 3 aliphatic rings. The van der Waals surface area contributed by atoms with Gasteiger partial charge >= 0.3 is 5.69 Å². The third-order valence-electron chi connectivity index (χ3n) is 6.85. The zero-order chi connectivity index (χ0) is 21.9. The number of benzene rings is 1. The topological polar surface area (TPSA) is 84.1 Å². The van der Waals surface area contributed by atoms with E-state index in [-0.39, 0.29) is 36.6 Å². The number of halogens is 3. The highest BCUT2D eigenvalue weighted by molar-refractivity contribution is 5.85. The van der Waals surface area contributed by atoms with Gasteiger partial charge in [-0.15, -0.1) is 12.4 Å². The maximum atomic E-state index is 15.8. The Morgan fingerprint density at radius 2 is 1.94 bits per heavy atom. The van der Waals surface area contributed by atoms with Crippen molar-refractivity contribution in [3.8, 4) is 0 Å². The molecule has 9 heteroatoms. The van der Waals surface area contributed by atoms with E-state index in [1.54, 1.807) is 28.8 Å². The summed E-state index contributed by atoms with van der Waals surface area (Å²) in [5.74, 6) is -0.359. The molecule has 3 atom stereocenters. The average molecular weight is 465 g/mol. The first-order valence-corrected chi connectivity index (χ1v) is 10.8. The number of fused-ring (bicyclic) bond motifs is 1. The van der Waals surface area contributed by atoms with Crippen LogP contribution in [0.15, 0.2) is 39.6 Å². The number of hydrogen-bond donors (Lipinski definition) is 2. The van der Waals surface area contributed by atoms with Gasteiger partial charge in [0.2, 0.25) is 0 Å². The van der Waals surface area contributed by atoms with Crippen LogP contribution in [0.4, 0.5) is 8.78 Å². The summed E-state index contributed by atoms with van der Waals surface area (Å²) in [7, 11) is 0. The van der Waals surface area contributed by atoms with Crippen LogP contribution in [0, 0.1) is 11.7 Å². The predicted molar refractivity (Wildman–Crippen MR) is 121 cm³/mol. The van der Waals surface area contributed by atoms with Crippen molar-refractivity contribution in [3.63, 3.8) is 0 Å². The molecule has 2 fully saturated rings. The minimum absolute atomic E-state index is 0. The molecule has 2 heterocycles. The second-order valence-electron chi connectivity index (χ2n) is 9.17. The van der Waals surface area contributed by atoms with Crippen LogP contribution in [0.3, 0.4) is 0 Å². The van der Waals surface area contributed by atoms with Gasteiger partial charge in [0.1, 0.15) is 5.82 Å². The second kappa shape index (κ2) is 8.15. The van der Waals surface area contributed by atoms with Gasteiger partial charge in [-0.05, 0) is 44.2 Å². The molecule has 1 saturated carbocycles. The molecular weight excluding hydrogens is 438 g/mol. The van der Waals surface area contributed by atoms with Crippen molar-refractivity contribution in [2.24, 2.45) is 11.7 Å². The SMILES string of the molecule is CC1(F)Cc2c(n(C3CC3)c(=O)[nH]c2=O)C=C1N1CCC(C(N)c2ccccc2F)C1.Cl. The maximum Gasteiger partial charge on any atom is 0.329 e. The molecule has 2 aliphatic carbocycles. The van der Waals surface area contributed by atoms with Crippen molar-refractivity contribution in [3.05, 3.63) is 73.4 Å². The van der Waals surface area contributed by atoms with Gasteiger partial charge in [-0.2, -0.15) is 0 Å². The van der Waals surface area contributed by atoms with Crippen molar-refractivity contribution < 1.29 is 8.78 Å². The van der Waals surface area contributed by atoms with Gasteiger partial charge in [-0.3, -0.25) is 14.3 Å². The number of nitrogens with zero attached hydrogens (tertiary/aromatic N) is 2. The molecule has 6 nitrogen and oxygen atoms in total. The molecule has 32 heavy (non-hydrogen) atoms. The molecule has 0 amide bonds. The number of nitrogens with one attached hydrogen (secondary N) is 1. The standard InChI is InChI=1S/C23H26F2N4O2.ClH/c1-23(25)11-16-18(29(14-6-7-14)22(31)27-21(16)30)10-19(23)28-9-8-13(12-28)20(26)15-4-2-3-5-17(15)24;/h2-5,10,13-14,20H,6-9,11-12,26H2,1H3,(H,27,30,31);1H. The molecule has 3 N–H and O–H groups in total. The fourth-order valence-corrected chi connectivity index (χ4v) is 5.05. The number of likely N-dealkylation sites (tertiary alicyclic amines) is 1. The van der Waals surface area contributed by atoms with Crippen molar-refractivity contribution in [1.29, 1.82) is 0 Å². The van der Waals surface area contributed by atoms with Crippen LogP contribution < -0.4 is 17.0 Å². The van der Waals surface area contributed by atoms with Gasteiger partial charge < -0.3 is 10.6 Å². The Kier molecular flexibility index (Phi) is 5.79. The van der Waals surface area contributed by atoms with Gasteiger partial charge in [0.15, 0.2) is 5.67 Å². The van der Waals surface area contributed by atoms with Crippen molar-refractivity contribution >= 4 is 18.5 Å². The molecule has 1 aliphatic heterocycles. The van der Waals surface area contributed by atoms with Crippen LogP contribution in [0.2, 0.25) is 0 Å². The van der Waals surface area contributed by atoms with Crippen LogP contribution in [-0.2, 0) is 6.42 Å². The Morgan fingerprint density at radius 3 is 2.62 bits per heavy atom. The van der Waals surface area contributed by atoms with Crippen LogP contribution in [0.1, 0.15) is 55.1 Å². The minimum Gasteiger partial charge on any atom is -0.372 e. The van der Waals surface area contributed by atoms with Crippen LogP contribution in [0.25, 0.3) is 6.08 Å². The Hall–Kier alpha value is -2.45. The first-order chi connectivity index (χ1) is 14.8. The number of aromatic amines is 1. The lowest BCUT2D eigenvalue weighted by Gasteiger charge is -2.36. The monoisotopic (exact) mass is 464 g/mol. The Morgan fingerprint density at radius 1 is 1.22 bits per heavy atom. The number of hydrogen-bond acceptors (Lipinski definition) is 4. The molecule has 1 aromatic carbocycles. The number of aromatic nitrogens is 2. The quantitative estimate of drug-likeness (QED) is 0.728. The van der Waals surface area contributed by atoms with Crippen molar-refractivity contribution in [2.45, 2.75) is 50.4 Å². The number of allylic oxidation sites excluding steroid dienone is 1. The molecule has 2 aromatic rings. The third-order valence-corrected chi connectivity index (χ3v) is 6.85. The molecule has 1 saturated heterocycles. The highest BCUT2D eigenvalue weighted by Crippen LogP contribution is 2.42. The largest absolute Gasteiger partial charge is 0.372 e. The fraction of sp³-hybridized carbons (Fsp3) is 0.478. The minimum atomic E-state index is -1.75. The highest BCUT2D eigenvalue weighted by atomic mass is 35.5. The first kappa shape index (κ1) is 22.7. The molecule has 172 valence electrons. The van der Waals surface area contributed by atoms with Gasteiger partial charge in [0, 0.05) is 42.7 Å². The van der Waals surface area contributed by atoms with Crippen molar-refractivity contribution in [1.82, 2.24) is 14.5 Å². The van der Waals surface area contributed by atoms with Gasteiger partial charge in [-0.1, -0.05) is 18.2 Å². The zero-order valence-electron chi connectivity index (χ0n) is 17.8. The summed E-state index contributed by atoms with van der Waals surface area (Å²) in [6.45, 7) is 2.55. The fourth-order valence-electron chi connectivity index (χ4n) is 5.05. The molecular formula is C23H27ClF2N4O2. The highest BCUT2D eigenvalue weighted by Gasteiger charge is 2.42. The summed E-state index contributed by atoms with van der Waals surface area (Å²) < 4.78 is 31.6. The van der Waals surface area contributed by atoms with E-state index >= 15 is 4.39 Å². The van der Waals surface area contributed by atoms with E-state index in [1.165, 1.54) is 13.0 Å². The number of nitrogens with two attached hydrogens (primary N) is 1. The molecule has 1 aromatic heterocycles. The number of rotatable bonds is 4.